The van der Waals surface area contributed by atoms with Crippen LogP contribution in [0.1, 0.15) is 45.6 Å². The molecule has 0 aliphatic carbocycles. The molecule has 1 fully saturated rings. The largest absolute Gasteiger partial charge is 0.350 e. The fraction of sp³-hybridized carbons (Fsp3) is 0.632. The van der Waals surface area contributed by atoms with Crippen molar-refractivity contribution in [2.45, 2.75) is 51.6 Å². The second-order valence-electron chi connectivity index (χ2n) is 7.37. The number of nitrogens with zero attached hydrogens (tertiary/aromatic N) is 1. The number of carbonyl (C=O) groups is 1. The second kappa shape index (κ2) is 7.45. The van der Waals surface area contributed by atoms with Crippen LogP contribution in [0.5, 0.6) is 0 Å². The summed E-state index contributed by atoms with van der Waals surface area (Å²) in [4.78, 5) is 14.8. The minimum Gasteiger partial charge on any atom is -0.350 e. The van der Waals surface area contributed by atoms with Crippen molar-refractivity contribution in [3.8, 4) is 0 Å². The van der Waals surface area contributed by atoms with Crippen LogP contribution < -0.4 is 11.1 Å². The molecule has 1 saturated heterocycles. The minimum absolute atomic E-state index is 0.112. The van der Waals surface area contributed by atoms with Crippen molar-refractivity contribution in [3.63, 3.8) is 0 Å². The first-order valence-corrected chi connectivity index (χ1v) is 8.69. The second-order valence-corrected chi connectivity index (χ2v) is 7.37. The van der Waals surface area contributed by atoms with E-state index in [1.54, 1.807) is 0 Å². The van der Waals surface area contributed by atoms with Crippen LogP contribution in [0.2, 0.25) is 0 Å². The molecule has 3 atom stereocenters. The summed E-state index contributed by atoms with van der Waals surface area (Å²) in [6.07, 6.45) is 0.920. The first-order chi connectivity index (χ1) is 10.9. The summed E-state index contributed by atoms with van der Waals surface area (Å²) in [5.74, 6) is 0.934. The van der Waals surface area contributed by atoms with Crippen LogP contribution in [0.3, 0.4) is 0 Å². The van der Waals surface area contributed by atoms with E-state index in [9.17, 15) is 4.79 Å². The molecular weight excluding hydrogens is 286 g/mol. The van der Waals surface area contributed by atoms with Gasteiger partial charge in [0.15, 0.2) is 0 Å². The highest BCUT2D eigenvalue weighted by Gasteiger charge is 2.37. The number of likely N-dealkylation sites (tertiary alicyclic amines) is 1. The quantitative estimate of drug-likeness (QED) is 0.847. The van der Waals surface area contributed by atoms with E-state index in [0.717, 1.165) is 19.5 Å². The highest BCUT2D eigenvalue weighted by Crippen LogP contribution is 2.33. The molecule has 3 N–H and O–H groups in total. The molecule has 1 aliphatic rings. The summed E-state index contributed by atoms with van der Waals surface area (Å²) in [5, 5.41) is 3.16. The van der Waals surface area contributed by atoms with Crippen LogP contribution in [-0.4, -0.2) is 42.0 Å². The maximum absolute atomic E-state index is 12.6. The first-order valence-electron chi connectivity index (χ1n) is 8.69. The van der Waals surface area contributed by atoms with Crippen molar-refractivity contribution in [1.29, 1.82) is 0 Å². The van der Waals surface area contributed by atoms with Gasteiger partial charge in [-0.2, -0.15) is 0 Å². The van der Waals surface area contributed by atoms with E-state index in [1.165, 1.54) is 5.56 Å². The van der Waals surface area contributed by atoms with E-state index < -0.39 is 0 Å². The lowest BCUT2D eigenvalue weighted by atomic mass is 9.89. The van der Waals surface area contributed by atoms with Crippen LogP contribution in [0.15, 0.2) is 30.3 Å². The lowest BCUT2D eigenvalue weighted by Crippen LogP contribution is -2.51. The zero-order valence-electron chi connectivity index (χ0n) is 14.9. The van der Waals surface area contributed by atoms with E-state index in [1.807, 2.05) is 13.0 Å². The average molecular weight is 317 g/mol. The van der Waals surface area contributed by atoms with E-state index in [4.69, 9.17) is 5.73 Å². The Labute approximate surface area is 140 Å². The Bertz CT molecular complexity index is 515. The number of hydrogen-bond acceptors (Lipinski definition) is 3. The molecule has 1 unspecified atom stereocenters. The van der Waals surface area contributed by atoms with Gasteiger partial charge in [0.25, 0.3) is 0 Å². The Morgan fingerprint density at radius 3 is 2.57 bits per heavy atom. The fourth-order valence-corrected chi connectivity index (χ4v) is 3.23. The SMILES string of the molecule is CCC(C)(C)NC(=O)C(C)N1C[C@@H](CN)[C@H](c2ccccc2)C1. The number of nitrogens with two attached hydrogens (primary N) is 1. The normalized spacial score (nSPS) is 23.7. The van der Waals surface area contributed by atoms with Gasteiger partial charge < -0.3 is 11.1 Å². The van der Waals surface area contributed by atoms with Gasteiger partial charge in [-0.15, -0.1) is 0 Å². The highest BCUT2D eigenvalue weighted by atomic mass is 16.2. The molecule has 128 valence electrons. The smallest absolute Gasteiger partial charge is 0.237 e. The molecule has 1 aliphatic heterocycles. The van der Waals surface area contributed by atoms with Gasteiger partial charge in [0, 0.05) is 24.5 Å². The zero-order chi connectivity index (χ0) is 17.0. The predicted octanol–water partition coefficient (Wildman–Crippen LogP) is 2.35. The third-order valence-electron chi connectivity index (χ3n) is 5.27. The number of rotatable bonds is 6. The lowest BCUT2D eigenvalue weighted by Gasteiger charge is -2.30. The fourth-order valence-electron chi connectivity index (χ4n) is 3.23. The van der Waals surface area contributed by atoms with Crippen LogP contribution in [0.25, 0.3) is 0 Å². The van der Waals surface area contributed by atoms with Gasteiger partial charge in [0.2, 0.25) is 5.91 Å². The molecule has 1 aromatic carbocycles. The third-order valence-corrected chi connectivity index (χ3v) is 5.27. The Balaban J connectivity index is 2.05. The molecule has 0 aromatic heterocycles. The van der Waals surface area contributed by atoms with Gasteiger partial charge >= 0.3 is 0 Å². The standard InChI is InChI=1S/C19H31N3O/c1-5-19(3,4)21-18(23)14(2)22-12-16(11-20)17(13-22)15-9-7-6-8-10-15/h6-10,14,16-17H,5,11-13,20H2,1-4H3,(H,21,23)/t14?,16-,17+/m1/s1. The molecule has 23 heavy (non-hydrogen) atoms. The number of benzene rings is 1. The molecule has 1 heterocycles. The summed E-state index contributed by atoms with van der Waals surface area (Å²) in [7, 11) is 0. The maximum Gasteiger partial charge on any atom is 0.237 e. The zero-order valence-corrected chi connectivity index (χ0v) is 14.9. The molecule has 1 aromatic rings. The van der Waals surface area contributed by atoms with E-state index in [0.29, 0.717) is 18.4 Å². The molecule has 4 nitrogen and oxygen atoms in total. The minimum atomic E-state index is -0.156. The number of hydrogen-bond donors (Lipinski definition) is 2. The van der Waals surface area contributed by atoms with Crippen molar-refractivity contribution < 1.29 is 4.79 Å². The van der Waals surface area contributed by atoms with Gasteiger partial charge in [-0.3, -0.25) is 9.69 Å². The summed E-state index contributed by atoms with van der Waals surface area (Å²) in [6.45, 7) is 10.7. The topological polar surface area (TPSA) is 58.4 Å². The molecule has 4 heteroatoms. The molecular formula is C19H31N3O. The molecule has 1 amide bonds. The van der Waals surface area contributed by atoms with Crippen LogP contribution >= 0.6 is 0 Å². The maximum atomic E-state index is 12.6. The van der Waals surface area contributed by atoms with Crippen LogP contribution in [0.4, 0.5) is 0 Å². The summed E-state index contributed by atoms with van der Waals surface area (Å²) >= 11 is 0. The third kappa shape index (κ3) is 4.33. The van der Waals surface area contributed by atoms with E-state index in [-0.39, 0.29) is 17.5 Å². The average Bonchev–Trinajstić information content (AvgIpc) is 2.98. The van der Waals surface area contributed by atoms with Crippen LogP contribution in [-0.2, 0) is 4.79 Å². The van der Waals surface area contributed by atoms with Crippen LogP contribution in [0, 0.1) is 5.92 Å². The number of amides is 1. The first kappa shape index (κ1) is 18.0. The predicted molar refractivity (Wildman–Crippen MR) is 95.3 cm³/mol. The molecule has 0 bridgehead atoms. The Hall–Kier alpha value is -1.39. The monoisotopic (exact) mass is 317 g/mol. The van der Waals surface area contributed by atoms with Gasteiger partial charge in [-0.1, -0.05) is 37.3 Å². The number of carbonyl (C=O) groups excluding carboxylic acids is 1. The Morgan fingerprint density at radius 2 is 2.00 bits per heavy atom. The highest BCUT2D eigenvalue weighted by molar-refractivity contribution is 5.82. The van der Waals surface area contributed by atoms with Crippen molar-refractivity contribution >= 4 is 5.91 Å². The summed E-state index contributed by atoms with van der Waals surface area (Å²) in [5.41, 5.74) is 7.17. The van der Waals surface area contributed by atoms with Crippen molar-refractivity contribution in [3.05, 3.63) is 35.9 Å². The van der Waals surface area contributed by atoms with Gasteiger partial charge in [0.05, 0.1) is 6.04 Å². The van der Waals surface area contributed by atoms with Crippen molar-refractivity contribution in [1.82, 2.24) is 10.2 Å². The van der Waals surface area contributed by atoms with Crippen molar-refractivity contribution in [2.75, 3.05) is 19.6 Å². The lowest BCUT2D eigenvalue weighted by molar-refractivity contribution is -0.127. The van der Waals surface area contributed by atoms with Gasteiger partial charge in [-0.05, 0) is 45.2 Å². The Kier molecular flexibility index (Phi) is 5.82. The van der Waals surface area contributed by atoms with Crippen molar-refractivity contribution in [2.24, 2.45) is 11.7 Å². The van der Waals surface area contributed by atoms with E-state index >= 15 is 0 Å². The molecule has 2 rings (SSSR count). The summed E-state index contributed by atoms with van der Waals surface area (Å²) in [6, 6.07) is 10.4. The molecule has 0 spiro atoms. The number of nitrogens with one attached hydrogen (secondary N) is 1. The molecule has 0 saturated carbocycles. The molecule has 0 radical (unpaired) electrons. The van der Waals surface area contributed by atoms with Gasteiger partial charge in [-0.25, -0.2) is 0 Å². The Morgan fingerprint density at radius 1 is 1.35 bits per heavy atom. The van der Waals surface area contributed by atoms with E-state index in [2.05, 4.69) is 55.3 Å². The van der Waals surface area contributed by atoms with Gasteiger partial charge in [0.1, 0.15) is 0 Å². The summed E-state index contributed by atoms with van der Waals surface area (Å²) < 4.78 is 0.